The molecule has 0 radical (unpaired) electrons. The number of carbonyl (C=O) groups excluding carboxylic acids is 2. The van der Waals surface area contributed by atoms with Crippen LogP contribution in [0.1, 0.15) is 37.7 Å². The van der Waals surface area contributed by atoms with Crippen molar-refractivity contribution in [1.29, 1.82) is 0 Å². The van der Waals surface area contributed by atoms with E-state index in [1.165, 1.54) is 0 Å². The molecule has 4 heteroatoms. The van der Waals surface area contributed by atoms with Crippen molar-refractivity contribution in [3.63, 3.8) is 0 Å². The maximum atomic E-state index is 12.5. The molecule has 1 aromatic rings. The Balaban J connectivity index is 1.71. The topological polar surface area (TPSA) is 46.2 Å². The SMILES string of the molecule is Cc1c(Cl)cccc1NC(=O)C1C[C@H]2CCC[C@@H](C1)C2=O. The number of anilines is 1. The lowest BCUT2D eigenvalue weighted by Crippen LogP contribution is -2.40. The second kappa shape index (κ2) is 5.80. The van der Waals surface area contributed by atoms with Gasteiger partial charge in [-0.2, -0.15) is 0 Å². The molecule has 1 amide bonds. The number of rotatable bonds is 2. The van der Waals surface area contributed by atoms with Crippen LogP contribution in [0, 0.1) is 24.7 Å². The summed E-state index contributed by atoms with van der Waals surface area (Å²) in [5.74, 6) is 0.591. The first-order chi connectivity index (χ1) is 10.1. The Morgan fingerprint density at radius 3 is 2.57 bits per heavy atom. The first kappa shape index (κ1) is 14.6. The Hall–Kier alpha value is -1.35. The fourth-order valence-corrected chi connectivity index (χ4v) is 3.85. The fraction of sp³-hybridized carbons (Fsp3) is 0.529. The number of nitrogens with one attached hydrogen (secondary N) is 1. The van der Waals surface area contributed by atoms with Crippen LogP contribution in [-0.4, -0.2) is 11.7 Å². The van der Waals surface area contributed by atoms with Gasteiger partial charge in [0, 0.05) is 28.5 Å². The van der Waals surface area contributed by atoms with E-state index in [1.807, 2.05) is 25.1 Å². The van der Waals surface area contributed by atoms with Gasteiger partial charge in [0.05, 0.1) is 0 Å². The lowest BCUT2D eigenvalue weighted by atomic mass is 9.67. The van der Waals surface area contributed by atoms with Gasteiger partial charge < -0.3 is 5.32 Å². The molecule has 21 heavy (non-hydrogen) atoms. The number of carbonyl (C=O) groups is 2. The summed E-state index contributed by atoms with van der Waals surface area (Å²) >= 11 is 6.08. The van der Waals surface area contributed by atoms with E-state index < -0.39 is 0 Å². The number of Topliss-reactive ketones (excluding diaryl/α,β-unsaturated/α-hetero) is 1. The standard InChI is InChI=1S/C17H20ClNO2/c1-10-14(18)6-3-7-15(10)19-17(21)13-8-11-4-2-5-12(9-13)16(11)20/h3,6-7,11-13H,2,4-5,8-9H2,1H3,(H,19,21)/t11-,12+,13?. The first-order valence-electron chi connectivity index (χ1n) is 7.66. The molecule has 3 rings (SSSR count). The Labute approximate surface area is 130 Å². The van der Waals surface area contributed by atoms with Crippen molar-refractivity contribution in [2.24, 2.45) is 17.8 Å². The minimum atomic E-state index is -0.0450. The summed E-state index contributed by atoms with van der Waals surface area (Å²) in [6.45, 7) is 1.90. The van der Waals surface area contributed by atoms with Gasteiger partial charge >= 0.3 is 0 Å². The largest absolute Gasteiger partial charge is 0.326 e. The number of hydrogen-bond acceptors (Lipinski definition) is 2. The van der Waals surface area contributed by atoms with E-state index in [4.69, 9.17) is 11.6 Å². The van der Waals surface area contributed by atoms with E-state index in [0.717, 1.165) is 30.5 Å². The molecule has 112 valence electrons. The molecule has 0 heterocycles. The van der Waals surface area contributed by atoms with E-state index >= 15 is 0 Å². The average molecular weight is 306 g/mol. The Bertz CT molecular complexity index is 568. The second-order valence-electron chi connectivity index (χ2n) is 6.30. The molecule has 1 unspecified atom stereocenters. The Morgan fingerprint density at radius 1 is 1.24 bits per heavy atom. The van der Waals surface area contributed by atoms with Gasteiger partial charge in [-0.3, -0.25) is 9.59 Å². The number of hydrogen-bond donors (Lipinski definition) is 1. The van der Waals surface area contributed by atoms with Gasteiger partial charge in [0.1, 0.15) is 5.78 Å². The smallest absolute Gasteiger partial charge is 0.227 e. The van der Waals surface area contributed by atoms with E-state index in [9.17, 15) is 9.59 Å². The third-order valence-corrected chi connectivity index (χ3v) is 5.35. The van der Waals surface area contributed by atoms with Crippen molar-refractivity contribution in [2.75, 3.05) is 5.32 Å². The Kier molecular flexibility index (Phi) is 4.03. The Morgan fingerprint density at radius 2 is 1.90 bits per heavy atom. The summed E-state index contributed by atoms with van der Waals surface area (Å²) in [5.41, 5.74) is 1.66. The van der Waals surface area contributed by atoms with Gasteiger partial charge in [0.15, 0.2) is 0 Å². The normalized spacial score (nSPS) is 28.3. The van der Waals surface area contributed by atoms with Crippen LogP contribution in [0.5, 0.6) is 0 Å². The minimum absolute atomic E-state index is 0.0322. The molecule has 2 fully saturated rings. The van der Waals surface area contributed by atoms with Crippen LogP contribution in [0.15, 0.2) is 18.2 Å². The zero-order valence-electron chi connectivity index (χ0n) is 12.2. The summed E-state index contributed by atoms with van der Waals surface area (Å²) in [7, 11) is 0. The van der Waals surface area contributed by atoms with Crippen molar-refractivity contribution >= 4 is 29.0 Å². The van der Waals surface area contributed by atoms with Gasteiger partial charge in [0.25, 0.3) is 0 Å². The molecule has 2 saturated carbocycles. The van der Waals surface area contributed by atoms with Crippen molar-refractivity contribution in [1.82, 2.24) is 0 Å². The lowest BCUT2D eigenvalue weighted by Gasteiger charge is -2.37. The lowest BCUT2D eigenvalue weighted by molar-refractivity contribution is -0.136. The third-order valence-electron chi connectivity index (χ3n) is 4.94. The molecule has 1 N–H and O–H groups in total. The van der Waals surface area contributed by atoms with Crippen LogP contribution in [-0.2, 0) is 9.59 Å². The van der Waals surface area contributed by atoms with Gasteiger partial charge in [-0.05, 0) is 50.3 Å². The average Bonchev–Trinajstić information content (AvgIpc) is 2.43. The summed E-state index contributed by atoms with van der Waals surface area (Å²) < 4.78 is 0. The number of fused-ring (bicyclic) bond motifs is 2. The molecule has 1 aromatic carbocycles. The third kappa shape index (κ3) is 2.84. The van der Waals surface area contributed by atoms with Crippen LogP contribution in [0.2, 0.25) is 5.02 Å². The van der Waals surface area contributed by atoms with Crippen molar-refractivity contribution in [3.8, 4) is 0 Å². The number of ketones is 1. The van der Waals surface area contributed by atoms with Crippen molar-refractivity contribution in [3.05, 3.63) is 28.8 Å². The van der Waals surface area contributed by atoms with Gasteiger partial charge in [-0.1, -0.05) is 24.1 Å². The predicted molar refractivity (Wildman–Crippen MR) is 83.4 cm³/mol. The quantitative estimate of drug-likeness (QED) is 0.898. The first-order valence-corrected chi connectivity index (χ1v) is 8.03. The molecule has 2 aliphatic carbocycles. The molecule has 3 atom stereocenters. The number of amides is 1. The molecule has 3 nitrogen and oxygen atoms in total. The molecule has 0 saturated heterocycles. The van der Waals surface area contributed by atoms with Crippen LogP contribution in [0.3, 0.4) is 0 Å². The molecule has 0 aliphatic heterocycles. The molecule has 0 spiro atoms. The highest BCUT2D eigenvalue weighted by molar-refractivity contribution is 6.31. The number of benzene rings is 1. The highest BCUT2D eigenvalue weighted by atomic mass is 35.5. The van der Waals surface area contributed by atoms with Crippen molar-refractivity contribution in [2.45, 2.75) is 39.0 Å². The van der Waals surface area contributed by atoms with Crippen LogP contribution in [0.25, 0.3) is 0 Å². The van der Waals surface area contributed by atoms with Crippen LogP contribution < -0.4 is 5.32 Å². The van der Waals surface area contributed by atoms with E-state index in [-0.39, 0.29) is 23.7 Å². The predicted octanol–water partition coefficient (Wildman–Crippen LogP) is 3.98. The number of halogens is 1. The van der Waals surface area contributed by atoms with Crippen molar-refractivity contribution < 1.29 is 9.59 Å². The van der Waals surface area contributed by atoms with Gasteiger partial charge in [-0.25, -0.2) is 0 Å². The van der Waals surface area contributed by atoms with E-state index in [1.54, 1.807) is 0 Å². The van der Waals surface area contributed by atoms with Gasteiger partial charge in [-0.15, -0.1) is 0 Å². The fourth-order valence-electron chi connectivity index (χ4n) is 3.67. The highest BCUT2D eigenvalue weighted by Crippen LogP contribution is 2.40. The monoisotopic (exact) mass is 305 g/mol. The maximum Gasteiger partial charge on any atom is 0.227 e. The summed E-state index contributed by atoms with van der Waals surface area (Å²) in [6, 6.07) is 5.52. The zero-order chi connectivity index (χ0) is 15.0. The van der Waals surface area contributed by atoms with Gasteiger partial charge in [0.2, 0.25) is 5.91 Å². The highest BCUT2D eigenvalue weighted by Gasteiger charge is 2.41. The van der Waals surface area contributed by atoms with E-state index in [0.29, 0.717) is 23.6 Å². The zero-order valence-corrected chi connectivity index (χ0v) is 13.0. The summed E-state index contributed by atoms with van der Waals surface area (Å²) in [6.07, 6.45) is 4.45. The van der Waals surface area contributed by atoms with Crippen LogP contribution in [0.4, 0.5) is 5.69 Å². The molecule has 2 bridgehead atoms. The van der Waals surface area contributed by atoms with E-state index in [2.05, 4.69) is 5.32 Å². The maximum absolute atomic E-state index is 12.5. The summed E-state index contributed by atoms with van der Waals surface area (Å²) in [5, 5.41) is 3.65. The molecule has 2 aliphatic rings. The molecule has 0 aromatic heterocycles. The van der Waals surface area contributed by atoms with Crippen LogP contribution >= 0.6 is 11.6 Å². The second-order valence-corrected chi connectivity index (χ2v) is 6.70. The minimum Gasteiger partial charge on any atom is -0.326 e. The molecular formula is C17H20ClNO2. The summed E-state index contributed by atoms with van der Waals surface area (Å²) in [4.78, 5) is 24.6. The molecular weight excluding hydrogens is 286 g/mol.